The van der Waals surface area contributed by atoms with Crippen LogP contribution >= 0.6 is 0 Å². The minimum atomic E-state index is -0.303. The number of hydrogen-bond donors (Lipinski definition) is 0. The molecule has 0 radical (unpaired) electrons. The first-order chi connectivity index (χ1) is 44.4. The van der Waals surface area contributed by atoms with E-state index in [1.165, 1.54) is 60.4 Å². The second-order valence-corrected chi connectivity index (χ2v) is 26.8. The number of anilines is 6. The van der Waals surface area contributed by atoms with Crippen LogP contribution in [-0.4, -0.2) is 11.3 Å². The molecular weight excluding hydrogens is 1100 g/mol. The third-order valence-corrected chi connectivity index (χ3v) is 19.2. The van der Waals surface area contributed by atoms with E-state index < -0.39 is 0 Å². The van der Waals surface area contributed by atoms with Crippen LogP contribution in [-0.2, 0) is 10.8 Å². The van der Waals surface area contributed by atoms with Gasteiger partial charge in [-0.3, -0.25) is 0 Å². The minimum Gasteiger partial charge on any atom is -0.456 e. The van der Waals surface area contributed by atoms with E-state index in [9.17, 15) is 0 Å². The van der Waals surface area contributed by atoms with Gasteiger partial charge in [-0.1, -0.05) is 254 Å². The number of hydrogen-bond acceptors (Lipinski definition) is 3. The Hall–Kier alpha value is -10.9. The third kappa shape index (κ3) is 8.81. The van der Waals surface area contributed by atoms with Gasteiger partial charge in [0, 0.05) is 72.6 Å². The summed E-state index contributed by atoms with van der Waals surface area (Å²) >= 11 is 0. The van der Waals surface area contributed by atoms with Crippen molar-refractivity contribution < 1.29 is 4.74 Å². The van der Waals surface area contributed by atoms with Gasteiger partial charge >= 0.3 is 0 Å². The fourth-order valence-corrected chi connectivity index (χ4v) is 14.8. The molecule has 4 nitrogen and oxygen atoms in total. The van der Waals surface area contributed by atoms with E-state index in [0.29, 0.717) is 0 Å². The summed E-state index contributed by atoms with van der Waals surface area (Å²) in [6, 6.07) is 109. The smallest absolute Gasteiger partial charge is 0.252 e. The molecule has 0 fully saturated rings. The second kappa shape index (κ2) is 20.9. The highest BCUT2D eigenvalue weighted by Gasteiger charge is 2.47. The van der Waals surface area contributed by atoms with Gasteiger partial charge < -0.3 is 19.1 Å². The van der Waals surface area contributed by atoms with Crippen LogP contribution in [0.5, 0.6) is 11.5 Å². The lowest BCUT2D eigenvalue weighted by atomic mass is 9.33. The quantitative estimate of drug-likeness (QED) is 0.155. The normalized spacial score (nSPS) is 13.0. The highest BCUT2D eigenvalue weighted by molar-refractivity contribution is 7.00. The largest absolute Gasteiger partial charge is 0.456 e. The fraction of sp³-hybridized carbons (Fsp3) is 0.0930. The van der Waals surface area contributed by atoms with Crippen LogP contribution in [0, 0.1) is 0 Å². The Morgan fingerprint density at radius 2 is 0.758 bits per heavy atom. The Balaban J connectivity index is 1.08. The van der Waals surface area contributed by atoms with Crippen LogP contribution in [0.3, 0.4) is 0 Å². The summed E-state index contributed by atoms with van der Waals surface area (Å²) in [6.07, 6.45) is 0. The molecule has 0 saturated carbocycles. The van der Waals surface area contributed by atoms with E-state index in [4.69, 9.17) is 4.74 Å². The molecule has 0 bridgehead atoms. The SMILES string of the molecule is CC(C)(C)c1cc(-c2ccccc2)c(N2c3cc(-n4c5ccccc5c5ccccc54)ccc3B3c4cc(-c5ccccc5)cc5c4N(c4ccc(-c6ccccc6)cc4-c4ccccc4Oc4ccccc4-5)c4cc(C(C)(C)C)cc2c43)c(-c2ccccc2)c1. The lowest BCUT2D eigenvalue weighted by Crippen LogP contribution is -2.61. The van der Waals surface area contributed by atoms with E-state index >= 15 is 0 Å². The summed E-state index contributed by atoms with van der Waals surface area (Å²) in [7, 11) is 0. The predicted molar refractivity (Wildman–Crippen MR) is 385 cm³/mol. The van der Waals surface area contributed by atoms with Gasteiger partial charge in [-0.15, -0.1) is 0 Å². The molecule has 0 N–H and O–H groups in total. The van der Waals surface area contributed by atoms with Gasteiger partial charge in [0.05, 0.1) is 22.4 Å². The molecule has 14 aromatic rings. The average Bonchev–Trinajstić information content (AvgIpc) is 1.39. The van der Waals surface area contributed by atoms with E-state index in [0.717, 1.165) is 107 Å². The van der Waals surface area contributed by atoms with E-state index in [1.807, 2.05) is 0 Å². The molecule has 434 valence electrons. The molecule has 1 aromatic heterocycles. The Morgan fingerprint density at radius 1 is 0.297 bits per heavy atom. The maximum atomic E-state index is 7.39. The highest BCUT2D eigenvalue weighted by atomic mass is 16.5. The van der Waals surface area contributed by atoms with Gasteiger partial charge in [-0.05, 0) is 151 Å². The molecule has 0 spiro atoms. The lowest BCUT2D eigenvalue weighted by molar-refractivity contribution is 0.486. The van der Waals surface area contributed by atoms with Crippen LogP contribution in [0.25, 0.3) is 94.3 Å². The highest BCUT2D eigenvalue weighted by Crippen LogP contribution is 2.57. The summed E-state index contributed by atoms with van der Waals surface area (Å²) in [5, 5.41) is 2.46. The molecule has 0 amide bonds. The number of para-hydroxylation sites is 4. The molecule has 0 unspecified atom stereocenters. The predicted octanol–water partition coefficient (Wildman–Crippen LogP) is 21.6. The first-order valence-electron chi connectivity index (χ1n) is 31.9. The van der Waals surface area contributed by atoms with Crippen LogP contribution in [0.15, 0.2) is 291 Å². The summed E-state index contributed by atoms with van der Waals surface area (Å²) in [6.45, 7) is 13.9. The topological polar surface area (TPSA) is 20.6 Å². The summed E-state index contributed by atoms with van der Waals surface area (Å²) in [4.78, 5) is 5.38. The summed E-state index contributed by atoms with van der Waals surface area (Å²) < 4.78 is 9.88. The fourth-order valence-electron chi connectivity index (χ4n) is 14.8. The molecule has 3 aliphatic heterocycles. The summed E-state index contributed by atoms with van der Waals surface area (Å²) in [5.41, 5.74) is 29.3. The molecule has 0 saturated heterocycles. The second-order valence-electron chi connectivity index (χ2n) is 26.8. The van der Waals surface area contributed by atoms with Crippen LogP contribution in [0.1, 0.15) is 52.7 Å². The van der Waals surface area contributed by atoms with Crippen molar-refractivity contribution in [3.05, 3.63) is 302 Å². The first-order valence-corrected chi connectivity index (χ1v) is 31.9. The molecular formula is C86H66BN3O. The van der Waals surface area contributed by atoms with Crippen molar-refractivity contribution in [2.45, 2.75) is 52.4 Å². The van der Waals surface area contributed by atoms with Gasteiger partial charge in [0.25, 0.3) is 6.71 Å². The standard InChI is InChI=1S/C86H66BN3O/c1-85(2,3)61-50-68(57-31-15-9-16-32-57)83(69(51-61)58-33-17-10-18-34-58)90-77-54-63(88-74-39-23-19-35-64(74)65-36-20-24-40-75(65)88)44-45-72(77)87-73-49-60(56-29-13-8-14-30-56)48-71-67-38-22-26-42-81(67)91-80-41-25-21-37-66(80)70-47-59(55-27-11-7-12-28-55)43-46-76(70)89(84(71)73)78-52-62(86(4,5)6)53-79(90)82(78)87/h7-54H,1-6H3. The zero-order valence-electron chi connectivity index (χ0n) is 52.0. The summed E-state index contributed by atoms with van der Waals surface area (Å²) in [5.74, 6) is 1.59. The molecule has 4 heterocycles. The number of ether oxygens (including phenoxy) is 1. The zero-order chi connectivity index (χ0) is 61.3. The van der Waals surface area contributed by atoms with Crippen molar-refractivity contribution in [1.29, 1.82) is 0 Å². The monoisotopic (exact) mass is 1170 g/mol. The van der Waals surface area contributed by atoms with E-state index in [-0.39, 0.29) is 17.5 Å². The number of fused-ring (bicyclic) bond motifs is 13. The van der Waals surface area contributed by atoms with Crippen molar-refractivity contribution in [1.82, 2.24) is 4.57 Å². The van der Waals surface area contributed by atoms with Gasteiger partial charge in [0.15, 0.2) is 0 Å². The number of rotatable bonds is 6. The van der Waals surface area contributed by atoms with Crippen molar-refractivity contribution in [3.63, 3.8) is 0 Å². The molecule has 0 atom stereocenters. The van der Waals surface area contributed by atoms with E-state index in [1.54, 1.807) is 0 Å². The van der Waals surface area contributed by atoms with Crippen molar-refractivity contribution in [2.24, 2.45) is 0 Å². The van der Waals surface area contributed by atoms with Crippen molar-refractivity contribution in [2.75, 3.05) is 9.80 Å². The average molecular weight is 1170 g/mol. The van der Waals surface area contributed by atoms with Gasteiger partial charge in [-0.25, -0.2) is 0 Å². The Bertz CT molecular complexity index is 5120. The Morgan fingerprint density at radius 3 is 1.32 bits per heavy atom. The molecule has 3 aliphatic rings. The zero-order valence-corrected chi connectivity index (χ0v) is 52.0. The molecule has 5 heteroatoms. The molecule has 13 aromatic carbocycles. The van der Waals surface area contributed by atoms with E-state index in [2.05, 4.69) is 347 Å². The molecule has 0 aliphatic carbocycles. The van der Waals surface area contributed by atoms with Gasteiger partial charge in [0.2, 0.25) is 0 Å². The van der Waals surface area contributed by atoms with Crippen molar-refractivity contribution in [3.8, 4) is 83.9 Å². The number of aromatic nitrogens is 1. The lowest BCUT2D eigenvalue weighted by Gasteiger charge is -2.47. The Labute approximate surface area is 533 Å². The maximum Gasteiger partial charge on any atom is 0.252 e. The Kier molecular flexibility index (Phi) is 12.5. The molecule has 17 rings (SSSR count). The number of nitrogens with zero attached hydrogens (tertiary/aromatic N) is 3. The molecule has 91 heavy (non-hydrogen) atoms. The number of benzene rings is 13. The minimum absolute atomic E-state index is 0.178. The first kappa shape index (κ1) is 54.3. The third-order valence-electron chi connectivity index (χ3n) is 19.2. The van der Waals surface area contributed by atoms with Crippen LogP contribution in [0.4, 0.5) is 34.1 Å². The van der Waals surface area contributed by atoms with Gasteiger partial charge in [0.1, 0.15) is 11.5 Å². The maximum absolute atomic E-state index is 7.39. The van der Waals surface area contributed by atoms with Crippen molar-refractivity contribution >= 4 is 79.0 Å². The van der Waals surface area contributed by atoms with Gasteiger partial charge in [-0.2, -0.15) is 0 Å². The van der Waals surface area contributed by atoms with Crippen LogP contribution < -0.4 is 30.9 Å². The van der Waals surface area contributed by atoms with Crippen LogP contribution in [0.2, 0.25) is 0 Å².